The average Bonchev–Trinajstić information content (AvgIpc) is 3.32. The van der Waals surface area contributed by atoms with Crippen LogP contribution in [-0.2, 0) is 6.42 Å². The van der Waals surface area contributed by atoms with Crippen molar-refractivity contribution in [3.8, 4) is 0 Å². The number of rotatable bonds is 5. The first-order valence-electron chi connectivity index (χ1n) is 8.69. The Labute approximate surface area is 124 Å². The molecule has 110 valence electrons. The summed E-state index contributed by atoms with van der Waals surface area (Å²) in [6.45, 7) is 3.50. The van der Waals surface area contributed by atoms with Crippen LogP contribution in [0.1, 0.15) is 68.9 Å². The minimum absolute atomic E-state index is 0.787. The van der Waals surface area contributed by atoms with Crippen molar-refractivity contribution < 1.29 is 0 Å². The molecule has 0 bridgehead atoms. The topological polar surface area (TPSA) is 12.0 Å². The van der Waals surface area contributed by atoms with E-state index in [1.807, 2.05) is 0 Å². The molecular weight excluding hydrogens is 242 g/mol. The zero-order chi connectivity index (χ0) is 13.8. The summed E-state index contributed by atoms with van der Waals surface area (Å²) in [6.07, 6.45) is 11.1. The van der Waals surface area contributed by atoms with Gasteiger partial charge in [-0.25, -0.2) is 0 Å². The van der Waals surface area contributed by atoms with E-state index in [0.717, 1.165) is 24.3 Å². The summed E-state index contributed by atoms with van der Waals surface area (Å²) in [5, 5.41) is 3.78. The molecule has 2 unspecified atom stereocenters. The number of hydrogen-bond acceptors (Lipinski definition) is 1. The van der Waals surface area contributed by atoms with Crippen molar-refractivity contribution in [2.45, 2.75) is 70.3 Å². The highest BCUT2D eigenvalue weighted by Crippen LogP contribution is 2.37. The van der Waals surface area contributed by atoms with Crippen molar-refractivity contribution in [2.75, 3.05) is 6.54 Å². The van der Waals surface area contributed by atoms with Crippen LogP contribution in [-0.4, -0.2) is 12.6 Å². The zero-order valence-electron chi connectivity index (χ0n) is 12.9. The largest absolute Gasteiger partial charge is 0.314 e. The summed E-state index contributed by atoms with van der Waals surface area (Å²) in [7, 11) is 0. The van der Waals surface area contributed by atoms with Gasteiger partial charge in [0, 0.05) is 6.04 Å². The van der Waals surface area contributed by atoms with Crippen molar-refractivity contribution in [3.63, 3.8) is 0 Å². The van der Waals surface area contributed by atoms with Crippen LogP contribution in [0.25, 0.3) is 0 Å². The summed E-state index contributed by atoms with van der Waals surface area (Å²) < 4.78 is 0. The third-order valence-corrected chi connectivity index (χ3v) is 5.19. The molecule has 0 heterocycles. The first kappa shape index (κ1) is 14.1. The predicted molar refractivity (Wildman–Crippen MR) is 86.2 cm³/mol. The highest BCUT2D eigenvalue weighted by molar-refractivity contribution is 5.27. The molecule has 1 heteroatoms. The van der Waals surface area contributed by atoms with Crippen LogP contribution in [0.2, 0.25) is 0 Å². The standard InChI is InChI=1S/C19H29N/c1-2-15-7-6-9-16(13-15)19-10-5-3-4-8-17(19)14-20-18-11-12-18/h6-7,9,13,17-20H,2-5,8,10-12,14H2,1H3. The van der Waals surface area contributed by atoms with E-state index in [4.69, 9.17) is 0 Å². The van der Waals surface area contributed by atoms with Gasteiger partial charge in [0.1, 0.15) is 0 Å². The fraction of sp³-hybridized carbons (Fsp3) is 0.684. The predicted octanol–water partition coefficient (Wildman–Crippen LogP) is 4.66. The Kier molecular flexibility index (Phi) is 4.77. The van der Waals surface area contributed by atoms with E-state index in [1.165, 1.54) is 57.1 Å². The molecule has 2 aliphatic carbocycles. The van der Waals surface area contributed by atoms with Gasteiger partial charge in [-0.1, -0.05) is 50.5 Å². The quantitative estimate of drug-likeness (QED) is 0.768. The highest BCUT2D eigenvalue weighted by Gasteiger charge is 2.28. The molecule has 1 nitrogen and oxygen atoms in total. The number of nitrogens with one attached hydrogen (secondary N) is 1. The van der Waals surface area contributed by atoms with Crippen molar-refractivity contribution >= 4 is 0 Å². The Hall–Kier alpha value is -0.820. The molecule has 20 heavy (non-hydrogen) atoms. The molecule has 2 aliphatic rings. The average molecular weight is 271 g/mol. The van der Waals surface area contributed by atoms with Crippen molar-refractivity contribution in [1.82, 2.24) is 5.32 Å². The molecule has 0 aliphatic heterocycles. The maximum absolute atomic E-state index is 3.78. The van der Waals surface area contributed by atoms with E-state index in [2.05, 4.69) is 36.5 Å². The third kappa shape index (κ3) is 3.63. The van der Waals surface area contributed by atoms with E-state index < -0.39 is 0 Å². The number of aryl methyl sites for hydroxylation is 1. The van der Waals surface area contributed by atoms with Crippen molar-refractivity contribution in [3.05, 3.63) is 35.4 Å². The normalized spacial score (nSPS) is 27.2. The van der Waals surface area contributed by atoms with Crippen LogP contribution in [0.5, 0.6) is 0 Å². The molecule has 2 fully saturated rings. The fourth-order valence-corrected chi connectivity index (χ4v) is 3.72. The van der Waals surface area contributed by atoms with Crippen molar-refractivity contribution in [2.24, 2.45) is 5.92 Å². The summed E-state index contributed by atoms with van der Waals surface area (Å²) in [5.74, 6) is 1.64. The number of benzene rings is 1. The van der Waals surface area contributed by atoms with Gasteiger partial charge in [-0.05, 0) is 61.6 Å². The van der Waals surface area contributed by atoms with Gasteiger partial charge in [-0.15, -0.1) is 0 Å². The lowest BCUT2D eigenvalue weighted by Gasteiger charge is -2.26. The van der Waals surface area contributed by atoms with Crippen molar-refractivity contribution in [1.29, 1.82) is 0 Å². The Morgan fingerprint density at radius 2 is 1.90 bits per heavy atom. The third-order valence-electron chi connectivity index (χ3n) is 5.19. The van der Waals surface area contributed by atoms with Gasteiger partial charge in [0.15, 0.2) is 0 Å². The van der Waals surface area contributed by atoms with Crippen LogP contribution in [0.3, 0.4) is 0 Å². The smallest absolute Gasteiger partial charge is 0.00683 e. The monoisotopic (exact) mass is 271 g/mol. The molecule has 1 aromatic carbocycles. The Balaban J connectivity index is 1.73. The lowest BCUT2D eigenvalue weighted by atomic mass is 9.81. The Bertz CT molecular complexity index is 422. The summed E-state index contributed by atoms with van der Waals surface area (Å²) in [4.78, 5) is 0. The van der Waals surface area contributed by atoms with E-state index in [1.54, 1.807) is 5.56 Å². The minimum Gasteiger partial charge on any atom is -0.314 e. The highest BCUT2D eigenvalue weighted by atomic mass is 14.9. The second-order valence-corrected chi connectivity index (χ2v) is 6.79. The van der Waals surface area contributed by atoms with E-state index in [9.17, 15) is 0 Å². The maximum atomic E-state index is 3.78. The van der Waals surface area contributed by atoms with Crippen LogP contribution < -0.4 is 5.32 Å². The van der Waals surface area contributed by atoms with Crippen LogP contribution in [0, 0.1) is 5.92 Å². The summed E-state index contributed by atoms with van der Waals surface area (Å²) in [5.41, 5.74) is 3.11. The summed E-state index contributed by atoms with van der Waals surface area (Å²) in [6, 6.07) is 10.2. The lowest BCUT2D eigenvalue weighted by Crippen LogP contribution is -2.28. The number of hydrogen-bond donors (Lipinski definition) is 1. The van der Waals surface area contributed by atoms with Gasteiger partial charge >= 0.3 is 0 Å². The molecule has 0 spiro atoms. The Morgan fingerprint density at radius 1 is 1.05 bits per heavy atom. The van der Waals surface area contributed by atoms with Gasteiger partial charge in [-0.3, -0.25) is 0 Å². The minimum atomic E-state index is 0.787. The molecule has 3 rings (SSSR count). The molecule has 2 saturated carbocycles. The molecule has 2 atom stereocenters. The first-order chi connectivity index (χ1) is 9.86. The second-order valence-electron chi connectivity index (χ2n) is 6.79. The van der Waals surface area contributed by atoms with Crippen LogP contribution in [0.4, 0.5) is 0 Å². The Morgan fingerprint density at radius 3 is 2.70 bits per heavy atom. The van der Waals surface area contributed by atoms with Gasteiger partial charge in [0.2, 0.25) is 0 Å². The lowest BCUT2D eigenvalue weighted by molar-refractivity contribution is 0.374. The summed E-state index contributed by atoms with van der Waals surface area (Å²) >= 11 is 0. The van der Waals surface area contributed by atoms with E-state index >= 15 is 0 Å². The molecular formula is C19H29N. The molecule has 1 aromatic rings. The molecule has 1 N–H and O–H groups in total. The van der Waals surface area contributed by atoms with E-state index in [-0.39, 0.29) is 0 Å². The van der Waals surface area contributed by atoms with Gasteiger partial charge in [0.05, 0.1) is 0 Å². The van der Waals surface area contributed by atoms with Gasteiger partial charge in [-0.2, -0.15) is 0 Å². The second kappa shape index (κ2) is 6.76. The molecule has 0 saturated heterocycles. The van der Waals surface area contributed by atoms with E-state index in [0.29, 0.717) is 0 Å². The van der Waals surface area contributed by atoms with Crippen LogP contribution >= 0.6 is 0 Å². The van der Waals surface area contributed by atoms with Gasteiger partial charge in [0.25, 0.3) is 0 Å². The van der Waals surface area contributed by atoms with Crippen LogP contribution in [0.15, 0.2) is 24.3 Å². The first-order valence-corrected chi connectivity index (χ1v) is 8.69. The molecule has 0 amide bonds. The fourth-order valence-electron chi connectivity index (χ4n) is 3.72. The molecule has 0 radical (unpaired) electrons. The van der Waals surface area contributed by atoms with Gasteiger partial charge < -0.3 is 5.32 Å². The molecule has 0 aromatic heterocycles. The zero-order valence-corrected chi connectivity index (χ0v) is 12.9. The SMILES string of the molecule is CCc1cccc(C2CCCCCC2CNC2CC2)c1. The maximum Gasteiger partial charge on any atom is 0.00683 e.